The smallest absolute Gasteiger partial charge is 0.163 e. The van der Waals surface area contributed by atoms with Gasteiger partial charge in [-0.05, 0) is 55.0 Å². The Labute approximate surface area is 132 Å². The van der Waals surface area contributed by atoms with Gasteiger partial charge in [0, 0.05) is 29.8 Å². The first-order valence-electron chi connectivity index (χ1n) is 7.25. The molecule has 4 rings (SSSR count). The number of hydrogen-bond donors (Lipinski definition) is 0. The number of rotatable bonds is 2. The molecule has 0 radical (unpaired) electrons. The third-order valence-corrected chi connectivity index (χ3v) is 3.70. The number of pyridine rings is 1. The molecule has 0 saturated carbocycles. The zero-order chi connectivity index (χ0) is 15.8. The molecule has 0 spiro atoms. The van der Waals surface area contributed by atoms with E-state index in [1.165, 1.54) is 12.1 Å². The number of fused-ring (bicyclic) bond motifs is 1. The second-order valence-corrected chi connectivity index (χ2v) is 5.30. The molecule has 1 aromatic carbocycles. The number of aromatic nitrogens is 4. The summed E-state index contributed by atoms with van der Waals surface area (Å²) in [5.41, 5.74) is 5.21. The van der Waals surface area contributed by atoms with E-state index in [2.05, 4.69) is 15.1 Å². The predicted octanol–water partition coefficient (Wildman–Crippen LogP) is 3.91. The molecular formula is C18H13FN4. The quantitative estimate of drug-likeness (QED) is 0.564. The van der Waals surface area contributed by atoms with Crippen molar-refractivity contribution in [3.63, 3.8) is 0 Å². The largest absolute Gasteiger partial charge is 0.262 e. The molecule has 0 atom stereocenters. The van der Waals surface area contributed by atoms with E-state index >= 15 is 0 Å². The second-order valence-electron chi connectivity index (χ2n) is 5.30. The van der Waals surface area contributed by atoms with Crippen LogP contribution in [0.2, 0.25) is 0 Å². The number of aryl methyl sites for hydroxylation is 1. The maximum atomic E-state index is 13.2. The van der Waals surface area contributed by atoms with E-state index in [1.54, 1.807) is 29.0 Å². The summed E-state index contributed by atoms with van der Waals surface area (Å²) in [5.74, 6) is -0.267. The van der Waals surface area contributed by atoms with Crippen molar-refractivity contribution in [1.29, 1.82) is 0 Å². The van der Waals surface area contributed by atoms with E-state index in [-0.39, 0.29) is 5.82 Å². The van der Waals surface area contributed by atoms with E-state index < -0.39 is 0 Å². The van der Waals surface area contributed by atoms with Crippen molar-refractivity contribution < 1.29 is 4.39 Å². The molecule has 0 saturated heterocycles. The Hall–Kier alpha value is -3.08. The first-order valence-corrected chi connectivity index (χ1v) is 7.25. The van der Waals surface area contributed by atoms with Crippen molar-refractivity contribution in [1.82, 2.24) is 19.6 Å². The van der Waals surface area contributed by atoms with Crippen LogP contribution in [0, 0.1) is 12.7 Å². The summed E-state index contributed by atoms with van der Waals surface area (Å²) in [4.78, 5) is 8.70. The fourth-order valence-electron chi connectivity index (χ4n) is 2.66. The average Bonchev–Trinajstić information content (AvgIpc) is 2.95. The molecule has 4 nitrogen and oxygen atoms in total. The fraction of sp³-hybridized carbons (Fsp3) is 0.0556. The van der Waals surface area contributed by atoms with E-state index in [0.29, 0.717) is 0 Å². The molecule has 4 aromatic rings. The van der Waals surface area contributed by atoms with E-state index in [0.717, 1.165) is 33.7 Å². The Morgan fingerprint density at radius 3 is 2.57 bits per heavy atom. The van der Waals surface area contributed by atoms with E-state index in [4.69, 9.17) is 0 Å². The SMILES string of the molecule is Cc1cc(-c2c(-c3ccc(F)cc3)nn3cccnc23)ccn1. The summed E-state index contributed by atoms with van der Waals surface area (Å²) in [6, 6.07) is 12.1. The normalized spacial score (nSPS) is 11.0. The maximum absolute atomic E-state index is 13.2. The van der Waals surface area contributed by atoms with E-state index in [1.807, 2.05) is 31.3 Å². The first-order chi connectivity index (χ1) is 11.2. The fourth-order valence-corrected chi connectivity index (χ4v) is 2.66. The van der Waals surface area contributed by atoms with Crippen LogP contribution in [0.1, 0.15) is 5.69 Å². The minimum absolute atomic E-state index is 0.267. The molecule has 5 heteroatoms. The van der Waals surface area contributed by atoms with Gasteiger partial charge in [-0.25, -0.2) is 13.9 Å². The zero-order valence-electron chi connectivity index (χ0n) is 12.4. The zero-order valence-corrected chi connectivity index (χ0v) is 12.4. The van der Waals surface area contributed by atoms with Gasteiger partial charge in [-0.2, -0.15) is 5.10 Å². The van der Waals surface area contributed by atoms with Crippen molar-refractivity contribution in [2.45, 2.75) is 6.92 Å². The number of hydrogen-bond acceptors (Lipinski definition) is 3. The van der Waals surface area contributed by atoms with Gasteiger partial charge in [0.05, 0.1) is 5.56 Å². The van der Waals surface area contributed by atoms with Crippen LogP contribution < -0.4 is 0 Å². The lowest BCUT2D eigenvalue weighted by molar-refractivity contribution is 0.628. The molecule has 0 aliphatic rings. The van der Waals surface area contributed by atoms with Gasteiger partial charge in [-0.3, -0.25) is 4.98 Å². The number of nitrogens with zero attached hydrogens (tertiary/aromatic N) is 4. The van der Waals surface area contributed by atoms with Crippen molar-refractivity contribution in [2.24, 2.45) is 0 Å². The van der Waals surface area contributed by atoms with Gasteiger partial charge < -0.3 is 0 Å². The van der Waals surface area contributed by atoms with Crippen LogP contribution in [0.4, 0.5) is 4.39 Å². The Morgan fingerprint density at radius 2 is 1.78 bits per heavy atom. The van der Waals surface area contributed by atoms with Crippen LogP contribution in [0.5, 0.6) is 0 Å². The van der Waals surface area contributed by atoms with Crippen molar-refractivity contribution >= 4 is 5.65 Å². The lowest BCUT2D eigenvalue weighted by Gasteiger charge is -2.04. The highest BCUT2D eigenvalue weighted by molar-refractivity contribution is 5.90. The van der Waals surface area contributed by atoms with Crippen molar-refractivity contribution in [3.05, 3.63) is 72.6 Å². The molecule has 23 heavy (non-hydrogen) atoms. The average molecular weight is 304 g/mol. The Balaban J connectivity index is 2.04. The van der Waals surface area contributed by atoms with Gasteiger partial charge in [-0.1, -0.05) is 0 Å². The molecule has 0 fully saturated rings. The molecule has 0 aliphatic heterocycles. The minimum atomic E-state index is -0.267. The minimum Gasteiger partial charge on any atom is -0.262 e. The van der Waals surface area contributed by atoms with Crippen LogP contribution in [-0.2, 0) is 0 Å². The van der Waals surface area contributed by atoms with Gasteiger partial charge in [0.2, 0.25) is 0 Å². The second kappa shape index (κ2) is 5.28. The monoisotopic (exact) mass is 304 g/mol. The van der Waals surface area contributed by atoms with Crippen LogP contribution in [-0.4, -0.2) is 19.6 Å². The Morgan fingerprint density at radius 1 is 0.957 bits per heavy atom. The highest BCUT2D eigenvalue weighted by Crippen LogP contribution is 2.34. The summed E-state index contributed by atoms with van der Waals surface area (Å²) in [6.07, 6.45) is 5.36. The molecule has 0 bridgehead atoms. The topological polar surface area (TPSA) is 43.1 Å². The summed E-state index contributed by atoms with van der Waals surface area (Å²) < 4.78 is 15.0. The Kier molecular flexibility index (Phi) is 3.12. The molecule has 112 valence electrons. The number of halogens is 1. The summed E-state index contributed by atoms with van der Waals surface area (Å²) in [5, 5.41) is 4.63. The lowest BCUT2D eigenvalue weighted by atomic mass is 10.0. The molecule has 3 heterocycles. The van der Waals surface area contributed by atoms with Gasteiger partial charge >= 0.3 is 0 Å². The maximum Gasteiger partial charge on any atom is 0.163 e. The molecule has 0 amide bonds. The Bertz CT molecular complexity index is 990. The molecule has 0 aliphatic carbocycles. The molecule has 0 N–H and O–H groups in total. The number of benzene rings is 1. The summed E-state index contributed by atoms with van der Waals surface area (Å²) in [7, 11) is 0. The molecule has 0 unspecified atom stereocenters. The molecular weight excluding hydrogens is 291 g/mol. The lowest BCUT2D eigenvalue weighted by Crippen LogP contribution is -1.88. The highest BCUT2D eigenvalue weighted by atomic mass is 19.1. The first kappa shape index (κ1) is 13.6. The van der Waals surface area contributed by atoms with Crippen LogP contribution in [0.3, 0.4) is 0 Å². The van der Waals surface area contributed by atoms with Crippen molar-refractivity contribution in [3.8, 4) is 22.4 Å². The van der Waals surface area contributed by atoms with Crippen LogP contribution in [0.25, 0.3) is 28.0 Å². The predicted molar refractivity (Wildman–Crippen MR) is 86.3 cm³/mol. The molecule has 3 aromatic heterocycles. The highest BCUT2D eigenvalue weighted by Gasteiger charge is 2.17. The van der Waals surface area contributed by atoms with E-state index in [9.17, 15) is 4.39 Å². The van der Waals surface area contributed by atoms with Crippen LogP contribution in [0.15, 0.2) is 61.1 Å². The van der Waals surface area contributed by atoms with Gasteiger partial charge in [0.25, 0.3) is 0 Å². The van der Waals surface area contributed by atoms with Gasteiger partial charge in [0.15, 0.2) is 5.65 Å². The van der Waals surface area contributed by atoms with Crippen molar-refractivity contribution in [2.75, 3.05) is 0 Å². The van der Waals surface area contributed by atoms with Gasteiger partial charge in [0.1, 0.15) is 11.5 Å². The third-order valence-electron chi connectivity index (χ3n) is 3.70. The van der Waals surface area contributed by atoms with Gasteiger partial charge in [-0.15, -0.1) is 0 Å². The standard InChI is InChI=1S/C18H13FN4/c1-12-11-14(7-9-20-12)16-17(13-3-5-15(19)6-4-13)22-23-10-2-8-21-18(16)23/h2-11H,1H3. The summed E-state index contributed by atoms with van der Waals surface area (Å²) >= 11 is 0. The third kappa shape index (κ3) is 2.36. The summed E-state index contributed by atoms with van der Waals surface area (Å²) in [6.45, 7) is 1.94. The van der Waals surface area contributed by atoms with Crippen LogP contribution >= 0.6 is 0 Å².